The van der Waals surface area contributed by atoms with E-state index in [1.165, 1.54) is 6.21 Å². The quantitative estimate of drug-likeness (QED) is 0.207. The molecular weight excluding hydrogens is 532 g/mol. The molecule has 0 radical (unpaired) electrons. The van der Waals surface area contributed by atoms with Gasteiger partial charge in [0, 0.05) is 34.1 Å². The second kappa shape index (κ2) is 13.4. The van der Waals surface area contributed by atoms with Crippen LogP contribution in [0.4, 0.5) is 5.69 Å². The lowest BCUT2D eigenvalue weighted by atomic mass is 10.2. The maximum atomic E-state index is 12.0. The SMILES string of the molecule is O=C(CCCC(=O)Nc1ccc(Cl)c(Cl)c1)N/N=C\c1cccc(OCc2c(Cl)cccc2Cl)c1. The number of hydrazone groups is 1. The van der Waals surface area contributed by atoms with Crippen LogP contribution in [0.25, 0.3) is 0 Å². The van der Waals surface area contributed by atoms with Crippen LogP contribution >= 0.6 is 46.4 Å². The lowest BCUT2D eigenvalue weighted by molar-refractivity contribution is -0.121. The van der Waals surface area contributed by atoms with Crippen LogP contribution < -0.4 is 15.5 Å². The predicted molar refractivity (Wildman–Crippen MR) is 142 cm³/mol. The Hall–Kier alpha value is -2.77. The summed E-state index contributed by atoms with van der Waals surface area (Å²) < 4.78 is 5.78. The van der Waals surface area contributed by atoms with Gasteiger partial charge in [-0.2, -0.15) is 5.10 Å². The number of nitrogens with zero attached hydrogens (tertiary/aromatic N) is 1. The van der Waals surface area contributed by atoms with Crippen LogP contribution in [0.1, 0.15) is 30.4 Å². The van der Waals surface area contributed by atoms with Crippen LogP contribution in [0.2, 0.25) is 20.1 Å². The summed E-state index contributed by atoms with van der Waals surface area (Å²) in [5.74, 6) is 0.0724. The molecule has 0 heterocycles. The number of halogens is 4. The van der Waals surface area contributed by atoms with Crippen LogP contribution in [0.5, 0.6) is 5.75 Å². The van der Waals surface area contributed by atoms with E-state index in [9.17, 15) is 9.59 Å². The van der Waals surface area contributed by atoms with Gasteiger partial charge >= 0.3 is 0 Å². The van der Waals surface area contributed by atoms with E-state index < -0.39 is 0 Å². The topological polar surface area (TPSA) is 79.8 Å². The van der Waals surface area contributed by atoms with Crippen molar-refractivity contribution in [3.63, 3.8) is 0 Å². The van der Waals surface area contributed by atoms with Crippen LogP contribution in [0, 0.1) is 0 Å². The van der Waals surface area contributed by atoms with Crippen LogP contribution in [0.3, 0.4) is 0 Å². The number of hydrogen-bond donors (Lipinski definition) is 2. The largest absolute Gasteiger partial charge is 0.489 e. The van der Waals surface area contributed by atoms with Crippen LogP contribution in [-0.2, 0) is 16.2 Å². The molecule has 3 rings (SSSR count). The zero-order chi connectivity index (χ0) is 25.2. The fourth-order valence-electron chi connectivity index (χ4n) is 2.95. The number of hydrogen-bond acceptors (Lipinski definition) is 4. The van der Waals surface area contributed by atoms with Gasteiger partial charge in [0.2, 0.25) is 11.8 Å². The standard InChI is InChI=1S/C25H21Cl4N3O3/c26-20-6-2-7-21(27)19(20)15-35-18-5-1-4-16(12-18)14-30-32-25(34)9-3-8-24(33)31-17-10-11-22(28)23(29)13-17/h1-2,4-7,10-14H,3,8-9,15H2,(H,31,33)(H,32,34)/b30-14-. The summed E-state index contributed by atoms with van der Waals surface area (Å²) in [6.45, 7) is 0.217. The first-order valence-electron chi connectivity index (χ1n) is 10.5. The molecule has 2 N–H and O–H groups in total. The summed E-state index contributed by atoms with van der Waals surface area (Å²) in [6.07, 6.45) is 2.19. The van der Waals surface area contributed by atoms with Gasteiger partial charge in [-0.1, -0.05) is 64.6 Å². The molecular formula is C25H21Cl4N3O3. The Morgan fingerprint density at radius 2 is 1.54 bits per heavy atom. The average molecular weight is 553 g/mol. The van der Waals surface area contributed by atoms with Gasteiger partial charge in [0.25, 0.3) is 0 Å². The molecule has 3 aromatic rings. The van der Waals surface area contributed by atoms with Crippen molar-refractivity contribution < 1.29 is 14.3 Å². The Morgan fingerprint density at radius 1 is 0.829 bits per heavy atom. The normalized spacial score (nSPS) is 10.9. The first-order valence-corrected chi connectivity index (χ1v) is 12.1. The number of anilines is 1. The number of carbonyl (C=O) groups excluding carboxylic acids is 2. The predicted octanol–water partition coefficient (Wildman–Crippen LogP) is 7.14. The molecule has 3 aromatic carbocycles. The third kappa shape index (κ3) is 8.75. The molecule has 0 aliphatic heterocycles. The van der Waals surface area contributed by atoms with Crippen molar-refractivity contribution in [2.24, 2.45) is 5.10 Å². The molecule has 0 aliphatic carbocycles. The molecule has 0 fully saturated rings. The number of ether oxygens (including phenoxy) is 1. The van der Waals surface area contributed by atoms with Gasteiger partial charge in [-0.05, 0) is 54.4 Å². The highest BCUT2D eigenvalue weighted by atomic mass is 35.5. The Bertz CT molecular complexity index is 1210. The zero-order valence-corrected chi connectivity index (χ0v) is 21.4. The molecule has 2 amide bonds. The van der Waals surface area contributed by atoms with Crippen molar-refractivity contribution in [1.82, 2.24) is 5.43 Å². The fraction of sp³-hybridized carbons (Fsp3) is 0.160. The van der Waals surface area contributed by atoms with E-state index in [0.29, 0.717) is 43.5 Å². The van der Waals surface area contributed by atoms with Crippen LogP contribution in [-0.4, -0.2) is 18.0 Å². The van der Waals surface area contributed by atoms with Crippen molar-refractivity contribution in [3.8, 4) is 5.75 Å². The van der Waals surface area contributed by atoms with Crippen molar-refractivity contribution in [1.29, 1.82) is 0 Å². The Kier molecular flexibility index (Phi) is 10.2. The molecule has 0 saturated carbocycles. The summed E-state index contributed by atoms with van der Waals surface area (Å²) in [5, 5.41) is 8.49. The highest BCUT2D eigenvalue weighted by Crippen LogP contribution is 2.26. The van der Waals surface area contributed by atoms with Gasteiger partial charge in [0.1, 0.15) is 12.4 Å². The second-order valence-corrected chi connectivity index (χ2v) is 9.01. The van der Waals surface area contributed by atoms with Crippen molar-refractivity contribution in [2.75, 3.05) is 5.32 Å². The number of rotatable bonds is 10. The van der Waals surface area contributed by atoms with Crippen molar-refractivity contribution in [2.45, 2.75) is 25.9 Å². The number of amides is 2. The molecule has 0 atom stereocenters. The third-order valence-electron chi connectivity index (χ3n) is 4.72. The highest BCUT2D eigenvalue weighted by molar-refractivity contribution is 6.42. The molecule has 35 heavy (non-hydrogen) atoms. The highest BCUT2D eigenvalue weighted by Gasteiger charge is 2.08. The Balaban J connectivity index is 1.40. The smallest absolute Gasteiger partial charge is 0.240 e. The molecule has 0 aromatic heterocycles. The molecule has 0 spiro atoms. The molecule has 6 nitrogen and oxygen atoms in total. The second-order valence-electron chi connectivity index (χ2n) is 7.39. The lowest BCUT2D eigenvalue weighted by Crippen LogP contribution is -2.18. The number of benzene rings is 3. The summed E-state index contributed by atoms with van der Waals surface area (Å²) in [5.41, 5.74) is 4.43. The minimum absolute atomic E-state index is 0.147. The summed E-state index contributed by atoms with van der Waals surface area (Å²) >= 11 is 24.1. The molecule has 0 saturated heterocycles. The van der Waals surface area contributed by atoms with Crippen LogP contribution in [0.15, 0.2) is 65.8 Å². The van der Waals surface area contributed by atoms with Crippen molar-refractivity contribution in [3.05, 3.63) is 91.9 Å². The minimum Gasteiger partial charge on any atom is -0.489 e. The summed E-state index contributed by atoms with van der Waals surface area (Å²) in [4.78, 5) is 24.0. The van der Waals surface area contributed by atoms with E-state index in [-0.39, 0.29) is 31.3 Å². The zero-order valence-electron chi connectivity index (χ0n) is 18.4. The van der Waals surface area contributed by atoms with Crippen molar-refractivity contribution >= 4 is 70.1 Å². The lowest BCUT2D eigenvalue weighted by Gasteiger charge is -2.09. The molecule has 0 aliphatic rings. The Morgan fingerprint density at radius 3 is 2.29 bits per heavy atom. The summed E-state index contributed by atoms with van der Waals surface area (Å²) in [7, 11) is 0. The van der Waals surface area contributed by atoms with Gasteiger partial charge in [-0.25, -0.2) is 5.43 Å². The van der Waals surface area contributed by atoms with Gasteiger partial charge in [-0.15, -0.1) is 0 Å². The molecule has 182 valence electrons. The monoisotopic (exact) mass is 551 g/mol. The Labute approximate surface area is 223 Å². The number of carbonyl (C=O) groups is 2. The minimum atomic E-state index is -0.302. The van der Waals surface area contributed by atoms with Gasteiger partial charge in [0.15, 0.2) is 0 Å². The van der Waals surface area contributed by atoms with E-state index in [4.69, 9.17) is 51.1 Å². The van der Waals surface area contributed by atoms with E-state index in [0.717, 1.165) is 5.56 Å². The van der Waals surface area contributed by atoms with Gasteiger partial charge in [-0.3, -0.25) is 9.59 Å². The first-order chi connectivity index (χ1) is 16.8. The third-order valence-corrected chi connectivity index (χ3v) is 6.16. The summed E-state index contributed by atoms with van der Waals surface area (Å²) in [6, 6.07) is 17.3. The average Bonchev–Trinajstić information content (AvgIpc) is 2.81. The van der Waals surface area contributed by atoms with E-state index in [1.807, 2.05) is 6.07 Å². The van der Waals surface area contributed by atoms with Gasteiger partial charge in [0.05, 0.1) is 16.3 Å². The van der Waals surface area contributed by atoms with E-state index in [2.05, 4.69) is 15.8 Å². The molecule has 0 bridgehead atoms. The number of nitrogens with one attached hydrogen (secondary N) is 2. The maximum Gasteiger partial charge on any atom is 0.240 e. The fourth-order valence-corrected chi connectivity index (χ4v) is 3.76. The molecule has 10 heteroatoms. The molecule has 0 unspecified atom stereocenters. The van der Waals surface area contributed by atoms with E-state index in [1.54, 1.807) is 54.6 Å². The van der Waals surface area contributed by atoms with Gasteiger partial charge < -0.3 is 10.1 Å². The maximum absolute atomic E-state index is 12.0. The van der Waals surface area contributed by atoms with E-state index >= 15 is 0 Å². The first kappa shape index (κ1) is 26.8.